The van der Waals surface area contributed by atoms with Crippen LogP contribution in [0.4, 0.5) is 0 Å². The van der Waals surface area contributed by atoms with Gasteiger partial charge in [-0.2, -0.15) is 0 Å². The van der Waals surface area contributed by atoms with Gasteiger partial charge in [-0.1, -0.05) is 115 Å². The lowest BCUT2D eigenvalue weighted by atomic mass is 10.0. The van der Waals surface area contributed by atoms with E-state index in [0.717, 1.165) is 0 Å². The summed E-state index contributed by atoms with van der Waals surface area (Å²) in [4.78, 5) is 2.71. The molecule has 0 amide bonds. The Hall–Kier alpha value is -0.160. The molecule has 2 aromatic rings. The molecule has 0 saturated carbocycles. The van der Waals surface area contributed by atoms with E-state index >= 15 is 0 Å². The summed E-state index contributed by atoms with van der Waals surface area (Å²) >= 11 is 0. The van der Waals surface area contributed by atoms with Gasteiger partial charge in [0.05, 0.1) is 0 Å². The van der Waals surface area contributed by atoms with E-state index in [-0.39, 0.29) is 0 Å². The minimum absolute atomic E-state index is 1.23. The molecule has 0 bridgehead atoms. The molecule has 0 saturated heterocycles. The molecule has 0 aliphatic carbocycles. The molecule has 0 nitrogen and oxygen atoms in total. The lowest BCUT2D eigenvalue weighted by molar-refractivity contribution is 0.589. The van der Waals surface area contributed by atoms with Crippen molar-refractivity contribution in [2.24, 2.45) is 0 Å². The zero-order valence-corrected chi connectivity index (χ0v) is 24.8. The monoisotopic (exact) mass is 534 g/mol. The van der Waals surface area contributed by atoms with Gasteiger partial charge < -0.3 is 0 Å². The molecule has 4 heteroatoms. The van der Waals surface area contributed by atoms with Crippen molar-refractivity contribution in [3.8, 4) is 0 Å². The first-order valence-electron chi connectivity index (χ1n) is 13.7. The average Bonchev–Trinajstić information content (AvgIpc) is 2.87. The molecule has 0 aliphatic rings. The molecule has 0 spiro atoms. The van der Waals surface area contributed by atoms with Crippen molar-refractivity contribution in [2.75, 3.05) is 0 Å². The molecule has 0 aromatic heterocycles. The molecule has 2 rings (SSSR count). The van der Waals surface area contributed by atoms with Crippen LogP contribution >= 0.6 is 41.2 Å². The highest BCUT2D eigenvalue weighted by molar-refractivity contribution is 9.26. The van der Waals surface area contributed by atoms with Crippen LogP contribution in [0.2, 0.25) is 0 Å². The second-order valence-corrected chi connectivity index (χ2v) is 15.1. The maximum Gasteiger partial charge on any atom is 0.0191 e. The summed E-state index contributed by atoms with van der Waals surface area (Å²) in [6.45, 7) is 4.57. The predicted octanol–water partition coefficient (Wildman–Crippen LogP) is 12.4. The van der Waals surface area contributed by atoms with Gasteiger partial charge in [0.1, 0.15) is 0 Å². The summed E-state index contributed by atoms with van der Waals surface area (Å²) in [5, 5.41) is 0. The third kappa shape index (κ3) is 15.1. The van der Waals surface area contributed by atoms with Crippen molar-refractivity contribution in [3.05, 3.63) is 59.7 Å². The molecule has 0 unspecified atom stereocenters. The molecule has 0 atom stereocenters. The Morgan fingerprint density at radius 2 is 0.735 bits per heavy atom. The van der Waals surface area contributed by atoms with E-state index < -0.39 is 0 Å². The molecule has 34 heavy (non-hydrogen) atoms. The molecule has 0 fully saturated rings. The van der Waals surface area contributed by atoms with E-state index in [1.807, 2.05) is 41.2 Å². The minimum Gasteiger partial charge on any atom is -0.0654 e. The second kappa shape index (κ2) is 21.0. The van der Waals surface area contributed by atoms with Crippen molar-refractivity contribution in [2.45, 2.75) is 126 Å². The fourth-order valence-corrected chi connectivity index (χ4v) is 9.53. The third-order valence-corrected chi connectivity index (χ3v) is 12.3. The van der Waals surface area contributed by atoms with Crippen molar-refractivity contribution in [1.29, 1.82) is 0 Å². The number of aryl methyl sites for hydroxylation is 2. The largest absolute Gasteiger partial charge is 0.0654 e. The summed E-state index contributed by atoms with van der Waals surface area (Å²) in [5.41, 5.74) is 2.98. The third-order valence-electron chi connectivity index (χ3n) is 6.27. The van der Waals surface area contributed by atoms with Gasteiger partial charge in [-0.15, -0.1) is 0 Å². The van der Waals surface area contributed by atoms with Crippen LogP contribution in [0, 0.1) is 0 Å². The van der Waals surface area contributed by atoms with Gasteiger partial charge >= 0.3 is 0 Å². The number of unbranched alkanes of at least 4 members (excludes halogenated alkanes) is 12. The van der Waals surface area contributed by atoms with E-state index in [1.54, 1.807) is 0 Å². The highest BCUT2D eigenvalue weighted by Gasteiger charge is 2.01. The summed E-state index contributed by atoms with van der Waals surface area (Å²) in [6, 6.07) is 18.4. The Balaban J connectivity index is 1.51. The van der Waals surface area contributed by atoms with Crippen LogP contribution in [0.1, 0.15) is 115 Å². The van der Waals surface area contributed by atoms with Gasteiger partial charge in [-0.3, -0.25) is 0 Å². The summed E-state index contributed by atoms with van der Waals surface area (Å²) in [7, 11) is 7.47. The maximum atomic E-state index is 2.32. The van der Waals surface area contributed by atoms with E-state index in [1.165, 1.54) is 124 Å². The highest BCUT2D eigenvalue weighted by atomic mass is 33.7. The van der Waals surface area contributed by atoms with Crippen LogP contribution < -0.4 is 0 Å². The maximum absolute atomic E-state index is 2.32. The lowest BCUT2D eigenvalue weighted by Crippen LogP contribution is -1.86. The first-order chi connectivity index (χ1) is 16.8. The van der Waals surface area contributed by atoms with E-state index in [4.69, 9.17) is 0 Å². The highest BCUT2D eigenvalue weighted by Crippen LogP contribution is 2.49. The van der Waals surface area contributed by atoms with Gasteiger partial charge in [0.2, 0.25) is 0 Å². The summed E-state index contributed by atoms with van der Waals surface area (Å²) in [5.74, 6) is 0. The first kappa shape index (κ1) is 30.1. The standard InChI is InChI=1S/C30H46S4/c1-3-5-7-9-11-13-15-17-27-19-23-29(24-20-27)31-33-34-32-30-25-21-28(22-26-30)18-16-14-12-10-8-6-4-2/h19-26H,3-18H2,1-2H3. The van der Waals surface area contributed by atoms with Crippen LogP contribution in [-0.4, -0.2) is 0 Å². The van der Waals surface area contributed by atoms with E-state index in [9.17, 15) is 0 Å². The van der Waals surface area contributed by atoms with Crippen molar-refractivity contribution < 1.29 is 0 Å². The van der Waals surface area contributed by atoms with Crippen molar-refractivity contribution in [3.63, 3.8) is 0 Å². The van der Waals surface area contributed by atoms with Gasteiger partial charge in [0.25, 0.3) is 0 Å². The average molecular weight is 535 g/mol. The van der Waals surface area contributed by atoms with Crippen molar-refractivity contribution in [1.82, 2.24) is 0 Å². The number of rotatable bonds is 21. The molecule has 0 heterocycles. The molecule has 0 N–H and O–H groups in total. The molecule has 0 aliphatic heterocycles. The molecular weight excluding hydrogens is 489 g/mol. The van der Waals surface area contributed by atoms with Crippen LogP contribution in [-0.2, 0) is 12.8 Å². The number of hydrogen-bond acceptors (Lipinski definition) is 4. The quantitative estimate of drug-likeness (QED) is 0.115. The zero-order chi connectivity index (χ0) is 24.1. The van der Waals surface area contributed by atoms with Crippen LogP contribution in [0.15, 0.2) is 58.3 Å². The molecule has 190 valence electrons. The molecule has 2 aromatic carbocycles. The Labute approximate surface area is 226 Å². The van der Waals surface area contributed by atoms with Gasteiger partial charge in [-0.25, -0.2) is 0 Å². The fourth-order valence-electron chi connectivity index (χ4n) is 4.10. The molecular formula is C30H46S4. The van der Waals surface area contributed by atoms with Gasteiger partial charge in [0.15, 0.2) is 0 Å². The Bertz CT molecular complexity index is 648. The van der Waals surface area contributed by atoms with E-state index in [2.05, 4.69) is 62.4 Å². The number of hydrogen-bond donors (Lipinski definition) is 0. The zero-order valence-electron chi connectivity index (χ0n) is 21.6. The van der Waals surface area contributed by atoms with Crippen LogP contribution in [0.5, 0.6) is 0 Å². The molecule has 0 radical (unpaired) electrons. The second-order valence-electron chi connectivity index (χ2n) is 9.33. The first-order valence-corrected chi connectivity index (χ1v) is 18.5. The topological polar surface area (TPSA) is 0 Å². The van der Waals surface area contributed by atoms with Gasteiger partial charge in [0, 0.05) is 9.79 Å². The summed E-state index contributed by atoms with van der Waals surface area (Å²) < 4.78 is 0. The predicted molar refractivity (Wildman–Crippen MR) is 163 cm³/mol. The van der Waals surface area contributed by atoms with Crippen LogP contribution in [0.3, 0.4) is 0 Å². The smallest absolute Gasteiger partial charge is 0.0191 e. The van der Waals surface area contributed by atoms with E-state index in [0.29, 0.717) is 0 Å². The normalized spacial score (nSPS) is 11.2. The van der Waals surface area contributed by atoms with Crippen LogP contribution in [0.25, 0.3) is 0 Å². The Morgan fingerprint density at radius 1 is 0.412 bits per heavy atom. The SMILES string of the molecule is CCCCCCCCCc1ccc(SSSSc2ccc(CCCCCCCCC)cc2)cc1. The van der Waals surface area contributed by atoms with Gasteiger partial charge in [-0.05, 0) is 102 Å². The minimum atomic E-state index is 1.23. The lowest BCUT2D eigenvalue weighted by Gasteiger charge is -2.05. The fraction of sp³-hybridized carbons (Fsp3) is 0.600. The number of benzene rings is 2. The Morgan fingerprint density at radius 3 is 1.09 bits per heavy atom. The van der Waals surface area contributed by atoms with Crippen molar-refractivity contribution >= 4 is 41.2 Å². The summed E-state index contributed by atoms with van der Waals surface area (Å²) in [6.07, 6.45) is 21.8. The Kier molecular flexibility index (Phi) is 18.5.